The van der Waals surface area contributed by atoms with Crippen molar-refractivity contribution in [2.45, 2.75) is 31.8 Å². The van der Waals surface area contributed by atoms with Crippen molar-refractivity contribution in [2.24, 2.45) is 7.05 Å². The number of ether oxygens (including phenoxy) is 1. The summed E-state index contributed by atoms with van der Waals surface area (Å²) in [5, 5.41) is 11.6. The van der Waals surface area contributed by atoms with E-state index in [1.807, 2.05) is 62.5 Å². The fourth-order valence-corrected chi connectivity index (χ4v) is 5.95. The molecule has 2 aliphatic heterocycles. The molecule has 0 aliphatic carbocycles. The van der Waals surface area contributed by atoms with Gasteiger partial charge >= 0.3 is 0 Å². The molecular weight excluding hydrogens is 537 g/mol. The number of aryl methyl sites for hydroxylation is 2. The lowest BCUT2D eigenvalue weighted by Gasteiger charge is -2.41. The van der Waals surface area contributed by atoms with Crippen LogP contribution in [0.5, 0.6) is 11.5 Å². The van der Waals surface area contributed by atoms with E-state index in [9.17, 15) is 9.18 Å². The van der Waals surface area contributed by atoms with Crippen molar-refractivity contribution in [3.05, 3.63) is 72.8 Å². The minimum absolute atomic E-state index is 0.0721. The van der Waals surface area contributed by atoms with Gasteiger partial charge in [0.05, 0.1) is 23.1 Å². The number of halogens is 1. The van der Waals surface area contributed by atoms with Crippen molar-refractivity contribution >= 4 is 45.3 Å². The summed E-state index contributed by atoms with van der Waals surface area (Å²) in [6.07, 6.45) is 3.17. The largest absolute Gasteiger partial charge is 0.457 e. The van der Waals surface area contributed by atoms with Crippen molar-refractivity contribution in [1.29, 1.82) is 0 Å². The zero-order chi connectivity index (χ0) is 29.0. The zero-order valence-electron chi connectivity index (χ0n) is 23.2. The van der Waals surface area contributed by atoms with E-state index in [0.29, 0.717) is 35.7 Å². The molecule has 2 saturated heterocycles. The number of amides is 1. The van der Waals surface area contributed by atoms with Gasteiger partial charge in [0, 0.05) is 31.9 Å². The Bertz CT molecular complexity index is 1860. The molecule has 2 atom stereocenters. The van der Waals surface area contributed by atoms with Crippen LogP contribution in [-0.4, -0.2) is 65.9 Å². The molecule has 2 fully saturated rings. The number of hydrogen-bond donors (Lipinski definition) is 1. The van der Waals surface area contributed by atoms with Crippen LogP contribution in [0.15, 0.2) is 67.3 Å². The average Bonchev–Trinajstić information content (AvgIpc) is 3.48. The van der Waals surface area contributed by atoms with Gasteiger partial charge in [-0.2, -0.15) is 0 Å². The number of nitrogens with one attached hydrogen (secondary N) is 1. The first-order chi connectivity index (χ1) is 20.3. The zero-order valence-corrected chi connectivity index (χ0v) is 23.2. The lowest BCUT2D eigenvalue weighted by atomic mass is 10.1. The van der Waals surface area contributed by atoms with Gasteiger partial charge in [0.25, 0.3) is 5.91 Å². The molecule has 2 aliphatic rings. The van der Waals surface area contributed by atoms with Crippen molar-refractivity contribution in [1.82, 2.24) is 34.8 Å². The van der Waals surface area contributed by atoms with Gasteiger partial charge in [0.1, 0.15) is 34.7 Å². The molecule has 2 unspecified atom stereocenters. The van der Waals surface area contributed by atoms with E-state index in [2.05, 4.69) is 37.1 Å². The average molecular weight is 566 g/mol. The molecule has 1 amide bonds. The van der Waals surface area contributed by atoms with Crippen LogP contribution in [0.2, 0.25) is 0 Å². The van der Waals surface area contributed by atoms with E-state index in [1.165, 1.54) is 6.33 Å². The van der Waals surface area contributed by atoms with E-state index in [0.717, 1.165) is 46.7 Å². The van der Waals surface area contributed by atoms with Crippen molar-refractivity contribution in [2.75, 3.05) is 23.3 Å². The number of carbonyl (C=O) groups excluding carboxylic acids is 1. The predicted molar refractivity (Wildman–Crippen MR) is 156 cm³/mol. The molecule has 0 radical (unpaired) electrons. The Hall–Kier alpha value is -5.13. The van der Waals surface area contributed by atoms with E-state index in [1.54, 1.807) is 9.58 Å². The summed E-state index contributed by atoms with van der Waals surface area (Å²) < 4.78 is 21.5. The van der Waals surface area contributed by atoms with Gasteiger partial charge in [-0.05, 0) is 67.8 Å². The van der Waals surface area contributed by atoms with Crippen LogP contribution in [-0.2, 0) is 11.8 Å². The topological polar surface area (TPSA) is 114 Å². The predicted octanol–water partition coefficient (Wildman–Crippen LogP) is 4.81. The lowest BCUT2D eigenvalue weighted by Crippen LogP contribution is -2.56. The highest BCUT2D eigenvalue weighted by Crippen LogP contribution is 2.35. The third kappa shape index (κ3) is 4.54. The lowest BCUT2D eigenvalue weighted by molar-refractivity contribution is -0.131. The second kappa shape index (κ2) is 10.1. The van der Waals surface area contributed by atoms with E-state index < -0.39 is 11.7 Å². The van der Waals surface area contributed by atoms with E-state index >= 15 is 0 Å². The molecule has 7 rings (SSSR count). The quantitative estimate of drug-likeness (QED) is 0.290. The first-order valence-electron chi connectivity index (χ1n) is 13.7. The fraction of sp³-hybridized carbons (Fsp3) is 0.267. The maximum atomic E-state index is 13.6. The summed E-state index contributed by atoms with van der Waals surface area (Å²) in [5.74, 6) is 1.23. The molecule has 3 aromatic heterocycles. The number of anilines is 3. The molecule has 212 valence electrons. The Morgan fingerprint density at radius 2 is 1.86 bits per heavy atom. The van der Waals surface area contributed by atoms with Crippen LogP contribution in [0.1, 0.15) is 18.4 Å². The number of piperazine rings is 1. The van der Waals surface area contributed by atoms with Crippen molar-refractivity contribution in [3.8, 4) is 11.5 Å². The van der Waals surface area contributed by atoms with Gasteiger partial charge in [0.15, 0.2) is 11.6 Å². The van der Waals surface area contributed by atoms with Gasteiger partial charge in [-0.3, -0.25) is 4.79 Å². The Morgan fingerprint density at radius 3 is 2.62 bits per heavy atom. The molecule has 1 N–H and O–H groups in total. The second-order valence-electron chi connectivity index (χ2n) is 10.7. The van der Waals surface area contributed by atoms with E-state index in [4.69, 9.17) is 9.72 Å². The fourth-order valence-electron chi connectivity index (χ4n) is 5.95. The Kier molecular flexibility index (Phi) is 6.18. The summed E-state index contributed by atoms with van der Waals surface area (Å²) in [7, 11) is 1.85. The Balaban J connectivity index is 1.11. The maximum absolute atomic E-state index is 13.6. The number of hydrogen-bond acceptors (Lipinski definition) is 9. The maximum Gasteiger partial charge on any atom is 0.282 e. The monoisotopic (exact) mass is 565 g/mol. The highest BCUT2D eigenvalue weighted by Gasteiger charge is 2.43. The van der Waals surface area contributed by atoms with Crippen LogP contribution in [0, 0.1) is 6.92 Å². The van der Waals surface area contributed by atoms with Crippen LogP contribution in [0.25, 0.3) is 22.1 Å². The second-order valence-corrected chi connectivity index (χ2v) is 10.7. The molecule has 42 heavy (non-hydrogen) atoms. The smallest absolute Gasteiger partial charge is 0.282 e. The number of benzene rings is 2. The third-order valence-electron chi connectivity index (χ3n) is 7.99. The Morgan fingerprint density at radius 1 is 1.05 bits per heavy atom. The van der Waals surface area contributed by atoms with Crippen molar-refractivity contribution in [3.63, 3.8) is 0 Å². The molecule has 2 bridgehead atoms. The van der Waals surface area contributed by atoms with Gasteiger partial charge in [-0.15, -0.1) is 5.10 Å². The van der Waals surface area contributed by atoms with Crippen LogP contribution in [0.4, 0.5) is 21.7 Å². The van der Waals surface area contributed by atoms with Gasteiger partial charge in [0.2, 0.25) is 0 Å². The van der Waals surface area contributed by atoms with Crippen LogP contribution >= 0.6 is 0 Å². The van der Waals surface area contributed by atoms with Crippen molar-refractivity contribution < 1.29 is 13.9 Å². The first-order valence-corrected chi connectivity index (χ1v) is 13.7. The molecule has 12 heteroatoms. The summed E-state index contributed by atoms with van der Waals surface area (Å²) in [6, 6.07) is 15.2. The molecule has 5 heterocycles. The number of carbonyl (C=O) groups is 1. The first kappa shape index (κ1) is 25.8. The summed E-state index contributed by atoms with van der Waals surface area (Å²) in [4.78, 5) is 30.0. The van der Waals surface area contributed by atoms with Gasteiger partial charge < -0.3 is 19.9 Å². The normalized spacial score (nSPS) is 18.1. The molecule has 0 spiro atoms. The summed E-state index contributed by atoms with van der Waals surface area (Å²) in [5.41, 5.74) is 4.80. The molecule has 0 saturated carbocycles. The van der Waals surface area contributed by atoms with E-state index in [-0.39, 0.29) is 12.1 Å². The number of fused-ring (bicyclic) bond motifs is 4. The summed E-state index contributed by atoms with van der Waals surface area (Å²) >= 11 is 0. The number of rotatable bonds is 6. The molecular formula is C30H28FN9O2. The highest BCUT2D eigenvalue weighted by molar-refractivity contribution is 5.92. The highest BCUT2D eigenvalue weighted by atomic mass is 19.1. The standard InChI is InChI=1S/C30H28FN9O2/c1-17-12-19(4-10-26(17)42-22-7-9-25-24(13-22)36-37-38(25)3)34-29-28-23(32-16-33-29)8-11-27(35-28)39-14-20-5-6-21(15-39)40(20)30(41)18(2)31/h4,7-13,16,20-21H,2,5-6,14-15H2,1,3H3,(H,32,33,34). The third-order valence-corrected chi connectivity index (χ3v) is 7.99. The van der Waals surface area contributed by atoms with Gasteiger partial charge in [-0.1, -0.05) is 11.8 Å². The number of nitrogens with zero attached hydrogens (tertiary/aromatic N) is 8. The van der Waals surface area contributed by atoms with Crippen LogP contribution < -0.4 is 15.0 Å². The van der Waals surface area contributed by atoms with Crippen LogP contribution in [0.3, 0.4) is 0 Å². The Labute approximate surface area is 240 Å². The minimum Gasteiger partial charge on any atom is -0.457 e. The molecule has 2 aromatic carbocycles. The molecule has 11 nitrogen and oxygen atoms in total. The molecule has 5 aromatic rings. The number of aromatic nitrogens is 6. The summed E-state index contributed by atoms with van der Waals surface area (Å²) in [6.45, 7) is 6.34. The number of pyridine rings is 1. The SMILES string of the molecule is C=C(F)C(=O)N1C2CCC1CN(c1ccc3ncnc(Nc4ccc(Oc5ccc6c(c5)nnn6C)c(C)c4)c3n1)C2. The minimum atomic E-state index is -0.907. The van der Waals surface area contributed by atoms with Gasteiger partial charge in [-0.25, -0.2) is 24.0 Å².